The molecule has 0 bridgehead atoms. The smallest absolute Gasteiger partial charge is 0.449 e. The van der Waals surface area contributed by atoms with Gasteiger partial charge in [0.25, 0.3) is 0 Å². The summed E-state index contributed by atoms with van der Waals surface area (Å²) in [5.41, 5.74) is 4.06. The third kappa shape index (κ3) is 10.3. The standard InChI is InChI=1S/C42H40O9/c1-30-22-24-34(25-23-30)40(43)50-39-38(47-28-33-18-10-4-11-19-33)37(46-27-32-16-8-3-9-17-32)36(29-45-26-31-14-6-2-7-15-31)49-41(39)51-42(44)48-35-20-12-5-13-21-35/h2-25,36-39,41H,26-29H2,1H3/t36-,37-,38+,39-,41+/m1/s1. The molecule has 6 rings (SSSR count). The number of rotatable bonds is 14. The number of aryl methyl sites for hydroxylation is 1. The minimum absolute atomic E-state index is 0.0474. The Labute approximate surface area is 297 Å². The monoisotopic (exact) mass is 688 g/mol. The van der Waals surface area contributed by atoms with Crippen molar-refractivity contribution in [2.45, 2.75) is 57.5 Å². The Hall–Kier alpha value is -5.32. The van der Waals surface area contributed by atoms with Crippen LogP contribution < -0.4 is 4.74 Å². The predicted molar refractivity (Wildman–Crippen MR) is 189 cm³/mol. The van der Waals surface area contributed by atoms with Crippen LogP contribution in [-0.4, -0.2) is 49.4 Å². The second-order valence-corrected chi connectivity index (χ2v) is 12.1. The molecular weight excluding hydrogens is 648 g/mol. The number of benzene rings is 5. The Morgan fingerprint density at radius 3 is 1.65 bits per heavy atom. The summed E-state index contributed by atoms with van der Waals surface area (Å²) in [5.74, 6) is -0.377. The van der Waals surface area contributed by atoms with Gasteiger partial charge in [0.15, 0.2) is 6.10 Å². The molecule has 1 saturated heterocycles. The van der Waals surface area contributed by atoms with Gasteiger partial charge in [0, 0.05) is 0 Å². The SMILES string of the molecule is Cc1ccc(C(=O)O[C@H]2[C@H](OC(=O)Oc3ccccc3)O[C@H](COCc3ccccc3)[C@@H](OCc3ccccc3)[C@@H]2OCc2ccccc2)cc1. The fourth-order valence-electron chi connectivity index (χ4n) is 5.61. The Morgan fingerprint density at radius 1 is 0.569 bits per heavy atom. The maximum Gasteiger partial charge on any atom is 0.516 e. The van der Waals surface area contributed by atoms with Crippen molar-refractivity contribution in [3.05, 3.63) is 173 Å². The van der Waals surface area contributed by atoms with E-state index in [1.165, 1.54) is 0 Å². The molecule has 9 heteroatoms. The van der Waals surface area contributed by atoms with Gasteiger partial charge in [-0.25, -0.2) is 9.59 Å². The van der Waals surface area contributed by atoms with E-state index in [1.807, 2.05) is 110 Å². The van der Waals surface area contributed by atoms with Crippen molar-refractivity contribution >= 4 is 12.1 Å². The molecule has 1 heterocycles. The van der Waals surface area contributed by atoms with E-state index in [1.54, 1.807) is 42.5 Å². The first kappa shape index (κ1) is 35.5. The van der Waals surface area contributed by atoms with Crippen LogP contribution in [0, 0.1) is 6.92 Å². The highest BCUT2D eigenvalue weighted by Gasteiger charge is 2.52. The first-order chi connectivity index (χ1) is 25.0. The molecule has 0 aliphatic carbocycles. The van der Waals surface area contributed by atoms with Crippen molar-refractivity contribution in [1.29, 1.82) is 0 Å². The molecule has 5 atom stereocenters. The van der Waals surface area contributed by atoms with Gasteiger partial charge in [-0.1, -0.05) is 127 Å². The summed E-state index contributed by atoms with van der Waals surface area (Å²) in [5, 5.41) is 0. The van der Waals surface area contributed by atoms with Crippen molar-refractivity contribution in [3.8, 4) is 5.75 Å². The number of hydrogen-bond acceptors (Lipinski definition) is 9. The third-order valence-electron chi connectivity index (χ3n) is 8.24. The molecule has 262 valence electrons. The molecule has 0 saturated carbocycles. The zero-order valence-corrected chi connectivity index (χ0v) is 28.2. The maximum atomic E-state index is 13.7. The van der Waals surface area contributed by atoms with Gasteiger partial charge in [-0.15, -0.1) is 0 Å². The molecule has 1 aliphatic rings. The molecule has 1 fully saturated rings. The number of esters is 1. The summed E-state index contributed by atoms with van der Waals surface area (Å²) in [4.78, 5) is 26.9. The topological polar surface area (TPSA) is 98.8 Å². The molecule has 1 aliphatic heterocycles. The minimum atomic E-state index is -1.45. The quantitative estimate of drug-likeness (QED) is 0.0853. The highest BCUT2D eigenvalue weighted by molar-refractivity contribution is 5.89. The van der Waals surface area contributed by atoms with Crippen LogP contribution in [0.25, 0.3) is 0 Å². The van der Waals surface area contributed by atoms with E-state index in [4.69, 9.17) is 33.2 Å². The first-order valence-corrected chi connectivity index (χ1v) is 16.8. The predicted octanol–water partition coefficient (Wildman–Crippen LogP) is 7.85. The van der Waals surface area contributed by atoms with E-state index in [0.717, 1.165) is 22.3 Å². The zero-order chi connectivity index (χ0) is 35.3. The van der Waals surface area contributed by atoms with Gasteiger partial charge in [0.05, 0.1) is 32.0 Å². The normalized spacial score (nSPS) is 19.9. The lowest BCUT2D eigenvalue weighted by atomic mass is 9.97. The number of carbonyl (C=O) groups excluding carboxylic acids is 2. The summed E-state index contributed by atoms with van der Waals surface area (Å²) < 4.78 is 43.2. The summed E-state index contributed by atoms with van der Waals surface area (Å²) in [6.07, 6.45) is -6.38. The van der Waals surface area contributed by atoms with Gasteiger partial charge >= 0.3 is 12.1 Å². The van der Waals surface area contributed by atoms with Crippen LogP contribution in [0.2, 0.25) is 0 Å². The molecule has 5 aromatic carbocycles. The summed E-state index contributed by atoms with van der Waals surface area (Å²) in [7, 11) is 0. The molecule has 0 aromatic heterocycles. The van der Waals surface area contributed by atoms with Crippen LogP contribution in [0.4, 0.5) is 4.79 Å². The first-order valence-electron chi connectivity index (χ1n) is 16.8. The highest BCUT2D eigenvalue weighted by atomic mass is 16.8. The van der Waals surface area contributed by atoms with E-state index >= 15 is 0 Å². The lowest BCUT2D eigenvalue weighted by Gasteiger charge is -2.44. The van der Waals surface area contributed by atoms with Gasteiger partial charge in [0.2, 0.25) is 6.29 Å². The number of para-hydroxylation sites is 1. The Balaban J connectivity index is 1.33. The molecular formula is C42H40O9. The lowest BCUT2D eigenvalue weighted by molar-refractivity contribution is -0.306. The van der Waals surface area contributed by atoms with Crippen molar-refractivity contribution in [2.24, 2.45) is 0 Å². The van der Waals surface area contributed by atoms with Gasteiger partial charge < -0.3 is 33.2 Å². The second-order valence-electron chi connectivity index (χ2n) is 12.1. The molecule has 0 unspecified atom stereocenters. The number of hydrogen-bond donors (Lipinski definition) is 0. The van der Waals surface area contributed by atoms with Gasteiger partial charge in [-0.3, -0.25) is 0 Å². The molecule has 51 heavy (non-hydrogen) atoms. The van der Waals surface area contributed by atoms with Crippen molar-refractivity contribution < 1.29 is 42.7 Å². The van der Waals surface area contributed by atoms with Crippen molar-refractivity contribution in [3.63, 3.8) is 0 Å². The minimum Gasteiger partial charge on any atom is -0.449 e. The van der Waals surface area contributed by atoms with Crippen molar-refractivity contribution in [2.75, 3.05) is 6.61 Å². The zero-order valence-electron chi connectivity index (χ0n) is 28.2. The summed E-state index contributed by atoms with van der Waals surface area (Å²) >= 11 is 0. The van der Waals surface area contributed by atoms with E-state index in [-0.39, 0.29) is 25.6 Å². The van der Waals surface area contributed by atoms with Crippen molar-refractivity contribution in [1.82, 2.24) is 0 Å². The fourth-order valence-corrected chi connectivity index (χ4v) is 5.61. The van der Waals surface area contributed by atoms with Crippen LogP contribution in [0.15, 0.2) is 146 Å². The Bertz CT molecular complexity index is 1780. The largest absolute Gasteiger partial charge is 0.516 e. The average molecular weight is 689 g/mol. The number of ether oxygens (including phenoxy) is 7. The molecule has 0 spiro atoms. The molecule has 0 N–H and O–H groups in total. The average Bonchev–Trinajstić information content (AvgIpc) is 3.16. The molecule has 5 aromatic rings. The van der Waals surface area contributed by atoms with E-state index in [9.17, 15) is 9.59 Å². The van der Waals surface area contributed by atoms with Gasteiger partial charge in [0.1, 0.15) is 24.1 Å². The Kier molecular flexibility index (Phi) is 12.6. The summed E-state index contributed by atoms with van der Waals surface area (Å²) in [6, 6.07) is 44.5. The van der Waals surface area contributed by atoms with E-state index < -0.39 is 42.8 Å². The van der Waals surface area contributed by atoms with Crippen LogP contribution in [-0.2, 0) is 48.2 Å². The van der Waals surface area contributed by atoms with Crippen LogP contribution in [0.3, 0.4) is 0 Å². The molecule has 9 nitrogen and oxygen atoms in total. The molecule has 0 amide bonds. The molecule has 0 radical (unpaired) electrons. The Morgan fingerprint density at radius 2 is 1.08 bits per heavy atom. The number of carbonyl (C=O) groups is 2. The second kappa shape index (κ2) is 18.1. The fraction of sp³-hybridized carbons (Fsp3) is 0.238. The summed E-state index contributed by atoms with van der Waals surface area (Å²) in [6.45, 7) is 2.62. The van der Waals surface area contributed by atoms with Gasteiger partial charge in [-0.05, 0) is 47.9 Å². The maximum absolute atomic E-state index is 13.7. The van der Waals surface area contributed by atoms with E-state index in [0.29, 0.717) is 12.2 Å². The van der Waals surface area contributed by atoms with Crippen LogP contribution in [0.5, 0.6) is 5.75 Å². The van der Waals surface area contributed by atoms with Crippen LogP contribution >= 0.6 is 0 Å². The van der Waals surface area contributed by atoms with E-state index in [2.05, 4.69) is 0 Å². The lowest BCUT2D eigenvalue weighted by Crippen LogP contribution is -2.62. The highest BCUT2D eigenvalue weighted by Crippen LogP contribution is 2.32. The third-order valence-corrected chi connectivity index (χ3v) is 8.24. The van der Waals surface area contributed by atoms with Crippen LogP contribution in [0.1, 0.15) is 32.6 Å². The van der Waals surface area contributed by atoms with Gasteiger partial charge in [-0.2, -0.15) is 0 Å².